The van der Waals surface area contributed by atoms with E-state index in [9.17, 15) is 14.0 Å². The Morgan fingerprint density at radius 2 is 1.76 bits per heavy atom. The van der Waals surface area contributed by atoms with Crippen LogP contribution in [0.25, 0.3) is 0 Å². The average molecular weight is 523 g/mol. The van der Waals surface area contributed by atoms with Gasteiger partial charge in [-0.2, -0.15) is 0 Å². The fourth-order valence-electron chi connectivity index (χ4n) is 3.84. The Labute approximate surface area is 220 Å². The van der Waals surface area contributed by atoms with Crippen LogP contribution in [0, 0.1) is 5.82 Å². The van der Waals surface area contributed by atoms with E-state index in [4.69, 9.17) is 9.47 Å². The largest absolute Gasteiger partial charge is 0.492 e. The molecular weight excluding hydrogens is 491 g/mol. The number of halogens is 1. The molecule has 2 heterocycles. The number of urea groups is 1. The molecule has 4 rings (SSSR count). The summed E-state index contributed by atoms with van der Waals surface area (Å²) in [5.41, 5.74) is 0.671. The lowest BCUT2D eigenvalue weighted by atomic mass is 10.2. The molecule has 0 aliphatic carbocycles. The molecule has 1 saturated heterocycles. The van der Waals surface area contributed by atoms with Crippen LogP contribution in [0.4, 0.5) is 20.6 Å². The van der Waals surface area contributed by atoms with Crippen molar-refractivity contribution in [3.63, 3.8) is 0 Å². The van der Waals surface area contributed by atoms with E-state index >= 15 is 0 Å². The fourth-order valence-corrected chi connectivity index (χ4v) is 3.84. The third-order valence-electron chi connectivity index (χ3n) is 5.98. The van der Waals surface area contributed by atoms with Crippen molar-refractivity contribution in [3.8, 4) is 17.2 Å². The summed E-state index contributed by atoms with van der Waals surface area (Å²) in [6, 6.07) is 13.5. The number of piperazine rings is 1. The fraction of sp³-hybridized carbons (Fsp3) is 0.296. The van der Waals surface area contributed by atoms with Crippen molar-refractivity contribution >= 4 is 23.3 Å². The minimum atomic E-state index is -0.681. The van der Waals surface area contributed by atoms with Gasteiger partial charge in [0.05, 0.1) is 5.69 Å². The van der Waals surface area contributed by atoms with Gasteiger partial charge in [-0.05, 0) is 37.4 Å². The molecule has 11 heteroatoms. The molecule has 1 aromatic heterocycles. The molecule has 0 radical (unpaired) electrons. The van der Waals surface area contributed by atoms with Gasteiger partial charge < -0.3 is 30.3 Å². The minimum Gasteiger partial charge on any atom is -0.492 e. The molecule has 2 aromatic carbocycles. The van der Waals surface area contributed by atoms with Gasteiger partial charge in [0.2, 0.25) is 0 Å². The summed E-state index contributed by atoms with van der Waals surface area (Å²) in [7, 11) is 3.62. The zero-order valence-corrected chi connectivity index (χ0v) is 21.4. The lowest BCUT2D eigenvalue weighted by molar-refractivity contribution is 0.0957. The molecule has 3 amide bonds. The highest BCUT2D eigenvalue weighted by Gasteiger charge is 2.14. The molecule has 3 aromatic rings. The van der Waals surface area contributed by atoms with Crippen LogP contribution in [-0.2, 0) is 0 Å². The molecule has 38 heavy (non-hydrogen) atoms. The van der Waals surface area contributed by atoms with Crippen molar-refractivity contribution in [1.82, 2.24) is 20.1 Å². The first kappa shape index (κ1) is 26.8. The van der Waals surface area contributed by atoms with E-state index in [-0.39, 0.29) is 23.0 Å². The van der Waals surface area contributed by atoms with Crippen LogP contribution in [-0.4, -0.2) is 80.1 Å². The van der Waals surface area contributed by atoms with Crippen molar-refractivity contribution in [3.05, 3.63) is 72.3 Å². The molecule has 10 nitrogen and oxygen atoms in total. The Bertz CT molecular complexity index is 1270. The molecule has 3 N–H and O–H groups in total. The molecule has 0 bridgehead atoms. The molecule has 0 saturated carbocycles. The van der Waals surface area contributed by atoms with Crippen molar-refractivity contribution < 1.29 is 23.5 Å². The second-order valence-electron chi connectivity index (χ2n) is 8.80. The van der Waals surface area contributed by atoms with Crippen LogP contribution in [0.3, 0.4) is 0 Å². The van der Waals surface area contributed by atoms with Crippen molar-refractivity contribution in [2.75, 3.05) is 64.1 Å². The minimum absolute atomic E-state index is 0.0183. The SMILES string of the molecule is CNC(=O)c1cc(Oc2ccc(NC(=O)Nc3cccc(OCCN4CCN(C)CC4)c3)c(F)c2)ccn1. The number of rotatable bonds is 9. The third-order valence-corrected chi connectivity index (χ3v) is 5.98. The lowest BCUT2D eigenvalue weighted by Gasteiger charge is -2.32. The number of ether oxygens (including phenoxy) is 2. The molecule has 0 spiro atoms. The van der Waals surface area contributed by atoms with Gasteiger partial charge in [0, 0.05) is 69.9 Å². The molecule has 0 unspecified atom stereocenters. The van der Waals surface area contributed by atoms with Gasteiger partial charge in [-0.3, -0.25) is 14.7 Å². The van der Waals surface area contributed by atoms with Crippen LogP contribution >= 0.6 is 0 Å². The highest BCUT2D eigenvalue weighted by Crippen LogP contribution is 2.26. The Balaban J connectivity index is 1.28. The van der Waals surface area contributed by atoms with Crippen LogP contribution in [0.1, 0.15) is 10.5 Å². The van der Waals surface area contributed by atoms with Gasteiger partial charge in [-0.15, -0.1) is 0 Å². The second-order valence-corrected chi connectivity index (χ2v) is 8.80. The highest BCUT2D eigenvalue weighted by atomic mass is 19.1. The quantitative estimate of drug-likeness (QED) is 0.394. The Morgan fingerprint density at radius 3 is 2.53 bits per heavy atom. The number of likely N-dealkylation sites (N-methyl/N-ethyl adjacent to an activating group) is 1. The zero-order valence-electron chi connectivity index (χ0n) is 21.4. The van der Waals surface area contributed by atoms with Gasteiger partial charge >= 0.3 is 6.03 Å². The summed E-state index contributed by atoms with van der Waals surface area (Å²) in [4.78, 5) is 32.8. The van der Waals surface area contributed by atoms with Gasteiger partial charge in [0.1, 0.15) is 35.4 Å². The van der Waals surface area contributed by atoms with Crippen LogP contribution in [0.5, 0.6) is 17.2 Å². The maximum atomic E-state index is 14.7. The smallest absolute Gasteiger partial charge is 0.323 e. The van der Waals surface area contributed by atoms with Crippen LogP contribution in [0.2, 0.25) is 0 Å². The Morgan fingerprint density at radius 1 is 0.974 bits per heavy atom. The number of anilines is 2. The number of pyridine rings is 1. The van der Waals surface area contributed by atoms with E-state index in [2.05, 4.69) is 37.8 Å². The molecule has 1 fully saturated rings. The molecule has 200 valence electrons. The van der Waals surface area contributed by atoms with Gasteiger partial charge in [0.15, 0.2) is 0 Å². The summed E-state index contributed by atoms with van der Waals surface area (Å²) in [5.74, 6) is 0.112. The third kappa shape index (κ3) is 7.64. The van der Waals surface area contributed by atoms with Gasteiger partial charge in [-0.25, -0.2) is 9.18 Å². The first-order valence-corrected chi connectivity index (χ1v) is 12.3. The van der Waals surface area contributed by atoms with Crippen LogP contribution in [0.15, 0.2) is 60.8 Å². The number of benzene rings is 2. The number of nitrogens with zero attached hydrogens (tertiary/aromatic N) is 3. The molecule has 1 aliphatic heterocycles. The topological polar surface area (TPSA) is 108 Å². The van der Waals surface area contributed by atoms with Gasteiger partial charge in [0.25, 0.3) is 5.91 Å². The summed E-state index contributed by atoms with van der Waals surface area (Å²) in [6.07, 6.45) is 1.42. The predicted molar refractivity (Wildman–Crippen MR) is 143 cm³/mol. The number of hydrogen-bond donors (Lipinski definition) is 3. The standard InChI is InChI=1S/C27H31FN6O4/c1-29-26(35)25-18-22(8-9-30-25)38-21-6-7-24(23(28)17-21)32-27(36)31-19-4-3-5-20(16-19)37-15-14-34-12-10-33(2)11-13-34/h3-9,16-18H,10-15H2,1-2H3,(H,29,35)(H2,31,32,36). The highest BCUT2D eigenvalue weighted by molar-refractivity contribution is 6.00. The monoisotopic (exact) mass is 522 g/mol. The normalized spacial score (nSPS) is 14.0. The second kappa shape index (κ2) is 12.8. The average Bonchev–Trinajstić information content (AvgIpc) is 2.91. The van der Waals surface area contributed by atoms with Gasteiger partial charge in [-0.1, -0.05) is 6.07 Å². The van der Waals surface area contributed by atoms with E-state index in [1.807, 2.05) is 6.07 Å². The Kier molecular flexibility index (Phi) is 9.07. The number of carbonyl (C=O) groups is 2. The van der Waals surface area contributed by atoms with Crippen molar-refractivity contribution in [2.45, 2.75) is 0 Å². The number of amides is 3. The molecule has 1 aliphatic rings. The van der Waals surface area contributed by atoms with E-state index in [1.165, 1.54) is 31.4 Å². The predicted octanol–water partition coefficient (Wildman–Crippen LogP) is 3.64. The Hall–Kier alpha value is -4.22. The van der Waals surface area contributed by atoms with E-state index in [0.29, 0.717) is 23.8 Å². The summed E-state index contributed by atoms with van der Waals surface area (Å²) >= 11 is 0. The lowest BCUT2D eigenvalue weighted by Crippen LogP contribution is -2.45. The summed E-state index contributed by atoms with van der Waals surface area (Å²) < 4.78 is 26.2. The van der Waals surface area contributed by atoms with E-state index in [0.717, 1.165) is 38.8 Å². The number of carbonyl (C=O) groups excluding carboxylic acids is 2. The van der Waals surface area contributed by atoms with E-state index in [1.54, 1.807) is 24.3 Å². The maximum Gasteiger partial charge on any atom is 0.323 e. The number of nitrogens with one attached hydrogen (secondary N) is 3. The van der Waals surface area contributed by atoms with Crippen LogP contribution < -0.4 is 25.4 Å². The zero-order chi connectivity index (χ0) is 26.9. The number of hydrogen-bond acceptors (Lipinski definition) is 7. The number of aromatic nitrogens is 1. The van der Waals surface area contributed by atoms with Crippen molar-refractivity contribution in [1.29, 1.82) is 0 Å². The maximum absolute atomic E-state index is 14.7. The van der Waals surface area contributed by atoms with E-state index < -0.39 is 11.8 Å². The molecule has 0 atom stereocenters. The van der Waals surface area contributed by atoms with Crippen molar-refractivity contribution in [2.24, 2.45) is 0 Å². The summed E-state index contributed by atoms with van der Waals surface area (Å²) in [5, 5.41) is 7.66. The first-order chi connectivity index (χ1) is 18.4. The first-order valence-electron chi connectivity index (χ1n) is 12.3. The summed E-state index contributed by atoms with van der Waals surface area (Å²) in [6.45, 7) is 5.53. The molecular formula is C27H31FN6O4.